The summed E-state index contributed by atoms with van der Waals surface area (Å²) < 4.78 is 5.30. The Balaban J connectivity index is 1.66. The Labute approximate surface area is 151 Å². The number of hydrogen-bond acceptors (Lipinski definition) is 6. The molecule has 0 saturated heterocycles. The lowest BCUT2D eigenvalue weighted by Gasteiger charge is -2.16. The normalized spacial score (nSPS) is 14.6. The smallest absolute Gasteiger partial charge is 0.259 e. The summed E-state index contributed by atoms with van der Waals surface area (Å²) in [6.07, 6.45) is 5.45. The minimum atomic E-state index is -0.238. The third kappa shape index (κ3) is 3.05. The van der Waals surface area contributed by atoms with E-state index < -0.39 is 0 Å². The van der Waals surface area contributed by atoms with Gasteiger partial charge in [0.05, 0.1) is 34.7 Å². The molecule has 0 unspecified atom stereocenters. The average Bonchev–Trinajstić information content (AvgIpc) is 3.38. The van der Waals surface area contributed by atoms with E-state index in [1.54, 1.807) is 12.4 Å². The fourth-order valence-corrected chi connectivity index (χ4v) is 2.86. The van der Waals surface area contributed by atoms with E-state index in [4.69, 9.17) is 4.52 Å². The van der Waals surface area contributed by atoms with Gasteiger partial charge >= 0.3 is 0 Å². The van der Waals surface area contributed by atoms with Gasteiger partial charge in [0.2, 0.25) is 0 Å². The van der Waals surface area contributed by atoms with Gasteiger partial charge in [0, 0.05) is 17.0 Å². The zero-order valence-corrected chi connectivity index (χ0v) is 15.3. The highest BCUT2D eigenvalue weighted by atomic mass is 16.5. The Morgan fingerprint density at radius 3 is 2.54 bits per heavy atom. The number of amides is 1. The largest absolute Gasteiger partial charge is 0.336 e. The molecule has 4 rings (SSSR count). The number of hydrogen-bond donors (Lipinski definition) is 1. The standard InChI is InChI=1S/C19H21N5O2/c1-10-15-13(7-14(11-5-6-11)23-17(15)26-24-10)16(25)22-12-8-20-18(21-9-12)19(2,3)4/h7-9,11H,5-6H2,1-4H3,(H,22,25). The van der Waals surface area contributed by atoms with Crippen LogP contribution in [-0.4, -0.2) is 26.0 Å². The van der Waals surface area contributed by atoms with Crippen LogP contribution >= 0.6 is 0 Å². The summed E-state index contributed by atoms with van der Waals surface area (Å²) in [5.74, 6) is 0.899. The van der Waals surface area contributed by atoms with Gasteiger partial charge in [-0.05, 0) is 25.8 Å². The highest BCUT2D eigenvalue weighted by Gasteiger charge is 2.28. The number of rotatable bonds is 3. The maximum Gasteiger partial charge on any atom is 0.259 e. The van der Waals surface area contributed by atoms with Gasteiger partial charge in [-0.25, -0.2) is 15.0 Å². The molecule has 1 N–H and O–H groups in total. The molecule has 7 heteroatoms. The number of pyridine rings is 1. The van der Waals surface area contributed by atoms with Gasteiger partial charge in [-0.2, -0.15) is 0 Å². The van der Waals surface area contributed by atoms with Crippen molar-refractivity contribution < 1.29 is 9.32 Å². The number of aromatic nitrogens is 4. The summed E-state index contributed by atoms with van der Waals surface area (Å²) in [5, 5.41) is 7.49. The monoisotopic (exact) mass is 351 g/mol. The Morgan fingerprint density at radius 2 is 1.92 bits per heavy atom. The lowest BCUT2D eigenvalue weighted by Crippen LogP contribution is -2.17. The second kappa shape index (κ2) is 5.86. The van der Waals surface area contributed by atoms with Gasteiger partial charge in [-0.1, -0.05) is 25.9 Å². The van der Waals surface area contributed by atoms with Crippen molar-refractivity contribution in [3.05, 3.63) is 41.2 Å². The van der Waals surface area contributed by atoms with E-state index in [-0.39, 0.29) is 11.3 Å². The number of carbonyl (C=O) groups excluding carboxylic acids is 1. The molecule has 134 valence electrons. The Hall–Kier alpha value is -2.83. The molecule has 1 aliphatic carbocycles. The quantitative estimate of drug-likeness (QED) is 0.772. The molecule has 3 heterocycles. The zero-order valence-electron chi connectivity index (χ0n) is 15.3. The van der Waals surface area contributed by atoms with Crippen molar-refractivity contribution in [2.24, 2.45) is 0 Å². The maximum absolute atomic E-state index is 12.9. The number of nitrogens with zero attached hydrogens (tertiary/aromatic N) is 4. The topological polar surface area (TPSA) is 93.8 Å². The van der Waals surface area contributed by atoms with Crippen molar-refractivity contribution in [1.82, 2.24) is 20.1 Å². The first-order chi connectivity index (χ1) is 12.3. The molecule has 1 amide bonds. The average molecular weight is 351 g/mol. The number of fused-ring (bicyclic) bond motifs is 1. The SMILES string of the molecule is Cc1noc2nc(C3CC3)cc(C(=O)Nc3cnc(C(C)(C)C)nc3)c12. The van der Waals surface area contributed by atoms with Crippen LogP contribution in [0.4, 0.5) is 5.69 Å². The maximum atomic E-state index is 12.9. The van der Waals surface area contributed by atoms with E-state index in [9.17, 15) is 4.79 Å². The lowest BCUT2D eigenvalue weighted by atomic mass is 9.96. The van der Waals surface area contributed by atoms with Crippen LogP contribution in [0.15, 0.2) is 23.0 Å². The summed E-state index contributed by atoms with van der Waals surface area (Å²) in [5.41, 5.74) is 2.89. The van der Waals surface area contributed by atoms with Crippen molar-refractivity contribution in [3.63, 3.8) is 0 Å². The molecule has 0 radical (unpaired) electrons. The second-order valence-electron chi connectivity index (χ2n) is 7.82. The van der Waals surface area contributed by atoms with Crippen LogP contribution in [0, 0.1) is 6.92 Å². The van der Waals surface area contributed by atoms with Crippen LogP contribution in [0.3, 0.4) is 0 Å². The van der Waals surface area contributed by atoms with E-state index >= 15 is 0 Å². The minimum Gasteiger partial charge on any atom is -0.336 e. The van der Waals surface area contributed by atoms with Crippen LogP contribution in [0.5, 0.6) is 0 Å². The van der Waals surface area contributed by atoms with Crippen molar-refractivity contribution in [1.29, 1.82) is 0 Å². The highest BCUT2D eigenvalue weighted by molar-refractivity contribution is 6.12. The number of anilines is 1. The molecular formula is C19H21N5O2. The molecule has 3 aromatic heterocycles. The predicted molar refractivity (Wildman–Crippen MR) is 97.2 cm³/mol. The molecule has 0 spiro atoms. The minimum absolute atomic E-state index is 0.140. The van der Waals surface area contributed by atoms with Gasteiger partial charge in [-0.3, -0.25) is 4.79 Å². The van der Waals surface area contributed by atoms with E-state index in [1.807, 2.05) is 33.8 Å². The van der Waals surface area contributed by atoms with Crippen LogP contribution in [0.2, 0.25) is 0 Å². The number of aryl methyl sites for hydroxylation is 1. The van der Waals surface area contributed by atoms with Crippen LogP contribution in [-0.2, 0) is 5.41 Å². The molecular weight excluding hydrogens is 330 g/mol. The van der Waals surface area contributed by atoms with E-state index in [0.717, 1.165) is 24.4 Å². The number of nitrogens with one attached hydrogen (secondary N) is 1. The fraction of sp³-hybridized carbons (Fsp3) is 0.421. The molecule has 7 nitrogen and oxygen atoms in total. The van der Waals surface area contributed by atoms with Crippen molar-refractivity contribution in [2.75, 3.05) is 5.32 Å². The van der Waals surface area contributed by atoms with E-state index in [2.05, 4.69) is 25.4 Å². The molecule has 3 aromatic rings. The Bertz CT molecular complexity index is 982. The van der Waals surface area contributed by atoms with Crippen molar-refractivity contribution >= 4 is 22.7 Å². The van der Waals surface area contributed by atoms with Crippen molar-refractivity contribution in [3.8, 4) is 0 Å². The summed E-state index contributed by atoms with van der Waals surface area (Å²) in [6.45, 7) is 7.94. The Kier molecular flexibility index (Phi) is 3.75. The zero-order chi connectivity index (χ0) is 18.5. The fourth-order valence-electron chi connectivity index (χ4n) is 2.86. The van der Waals surface area contributed by atoms with Gasteiger partial charge < -0.3 is 9.84 Å². The first-order valence-corrected chi connectivity index (χ1v) is 8.74. The number of carbonyl (C=O) groups is 1. The summed E-state index contributed by atoms with van der Waals surface area (Å²) in [6, 6.07) is 1.85. The van der Waals surface area contributed by atoms with Gasteiger partial charge in [-0.15, -0.1) is 0 Å². The summed E-state index contributed by atoms with van der Waals surface area (Å²) in [4.78, 5) is 26.1. The van der Waals surface area contributed by atoms with Crippen LogP contribution in [0.1, 0.15) is 67.1 Å². The molecule has 1 saturated carbocycles. The molecule has 0 atom stereocenters. The summed E-state index contributed by atoms with van der Waals surface area (Å²) >= 11 is 0. The van der Waals surface area contributed by atoms with Crippen molar-refractivity contribution in [2.45, 2.75) is 51.9 Å². The lowest BCUT2D eigenvalue weighted by molar-refractivity contribution is 0.102. The van der Waals surface area contributed by atoms with Gasteiger partial charge in [0.15, 0.2) is 0 Å². The third-order valence-electron chi connectivity index (χ3n) is 4.46. The van der Waals surface area contributed by atoms with Gasteiger partial charge in [0.25, 0.3) is 11.6 Å². The molecule has 0 aromatic carbocycles. The molecule has 1 aliphatic rings. The Morgan fingerprint density at radius 1 is 1.23 bits per heavy atom. The molecule has 0 aliphatic heterocycles. The third-order valence-corrected chi connectivity index (χ3v) is 4.46. The van der Waals surface area contributed by atoms with E-state index in [1.165, 1.54) is 0 Å². The first-order valence-electron chi connectivity index (χ1n) is 8.74. The summed E-state index contributed by atoms with van der Waals surface area (Å²) in [7, 11) is 0. The van der Waals surface area contributed by atoms with E-state index in [0.29, 0.717) is 34.0 Å². The molecule has 26 heavy (non-hydrogen) atoms. The van der Waals surface area contributed by atoms with Crippen LogP contribution in [0.25, 0.3) is 11.1 Å². The predicted octanol–water partition coefficient (Wildman–Crippen LogP) is 3.75. The second-order valence-corrected chi connectivity index (χ2v) is 7.82. The van der Waals surface area contributed by atoms with Crippen LogP contribution < -0.4 is 5.32 Å². The first kappa shape index (κ1) is 16.6. The highest BCUT2D eigenvalue weighted by Crippen LogP contribution is 2.40. The molecule has 0 bridgehead atoms. The van der Waals surface area contributed by atoms with Gasteiger partial charge in [0.1, 0.15) is 5.82 Å². The molecule has 1 fully saturated rings.